The number of aromatic nitrogens is 4. The molecule has 0 amide bonds. The molecule has 25 heavy (non-hydrogen) atoms. The van der Waals surface area contributed by atoms with Crippen LogP contribution in [0.25, 0.3) is 23.2 Å². The molecule has 2 aromatic carbocycles. The molecule has 0 bridgehead atoms. The summed E-state index contributed by atoms with van der Waals surface area (Å²) >= 11 is 0. The number of hydrogen-bond donors (Lipinski definition) is 0. The van der Waals surface area contributed by atoms with Crippen molar-refractivity contribution in [3.8, 4) is 0 Å². The van der Waals surface area contributed by atoms with Crippen LogP contribution in [0.2, 0.25) is 0 Å². The van der Waals surface area contributed by atoms with Crippen molar-refractivity contribution in [3.63, 3.8) is 0 Å². The van der Waals surface area contributed by atoms with Crippen molar-refractivity contribution in [3.05, 3.63) is 77.7 Å². The number of fused-ring (bicyclic) bond motifs is 1. The highest BCUT2D eigenvalue weighted by molar-refractivity contribution is 5.75. The molecule has 4 aromatic rings. The zero-order valence-electron chi connectivity index (χ0n) is 14.0. The molecule has 0 unspecified atom stereocenters. The van der Waals surface area contributed by atoms with Gasteiger partial charge in [0.25, 0.3) is 5.89 Å². The van der Waals surface area contributed by atoms with Crippen LogP contribution in [-0.4, -0.2) is 19.7 Å². The van der Waals surface area contributed by atoms with Gasteiger partial charge in [0.05, 0.1) is 11.0 Å². The highest BCUT2D eigenvalue weighted by Crippen LogP contribution is 2.16. The Morgan fingerprint density at radius 3 is 2.64 bits per heavy atom. The standard InChI is InChI=1S/C20H18N4O/c1-15-21-17-9-5-6-10-18(17)24(15)14-13-19-22-20(25-23-19)12-11-16-7-3-2-4-8-16/h2-12H,13-14H2,1H3. The van der Waals surface area contributed by atoms with Crippen molar-refractivity contribution in [2.45, 2.75) is 19.9 Å². The maximum absolute atomic E-state index is 5.30. The van der Waals surface area contributed by atoms with Crippen LogP contribution in [0.4, 0.5) is 0 Å². The minimum Gasteiger partial charge on any atom is -0.335 e. The number of hydrogen-bond acceptors (Lipinski definition) is 4. The lowest BCUT2D eigenvalue weighted by atomic mass is 10.2. The van der Waals surface area contributed by atoms with Gasteiger partial charge < -0.3 is 9.09 Å². The first-order valence-corrected chi connectivity index (χ1v) is 8.27. The van der Waals surface area contributed by atoms with Gasteiger partial charge in [-0.2, -0.15) is 4.98 Å². The highest BCUT2D eigenvalue weighted by atomic mass is 16.5. The SMILES string of the molecule is Cc1nc2ccccc2n1CCc1noc(C=Cc2ccccc2)n1. The quantitative estimate of drug-likeness (QED) is 0.552. The Labute approximate surface area is 145 Å². The van der Waals surface area contributed by atoms with E-state index < -0.39 is 0 Å². The predicted octanol–water partition coefficient (Wildman–Crippen LogP) is 4.14. The molecule has 0 aliphatic carbocycles. The van der Waals surface area contributed by atoms with Crippen molar-refractivity contribution < 1.29 is 4.52 Å². The second kappa shape index (κ2) is 6.73. The highest BCUT2D eigenvalue weighted by Gasteiger charge is 2.09. The van der Waals surface area contributed by atoms with Crippen LogP contribution in [-0.2, 0) is 13.0 Å². The Morgan fingerprint density at radius 1 is 0.960 bits per heavy atom. The average Bonchev–Trinajstić information content (AvgIpc) is 3.22. The zero-order chi connectivity index (χ0) is 17.1. The van der Waals surface area contributed by atoms with Gasteiger partial charge in [-0.25, -0.2) is 4.98 Å². The summed E-state index contributed by atoms with van der Waals surface area (Å²) in [6.07, 6.45) is 4.50. The molecule has 0 aliphatic rings. The first kappa shape index (κ1) is 15.3. The van der Waals surface area contributed by atoms with Crippen molar-refractivity contribution >= 4 is 23.2 Å². The Bertz CT molecular complexity index is 1010. The van der Waals surface area contributed by atoms with E-state index in [9.17, 15) is 0 Å². The number of imidazole rings is 1. The Kier molecular flexibility index (Phi) is 4.12. The smallest absolute Gasteiger partial charge is 0.250 e. The van der Waals surface area contributed by atoms with Gasteiger partial charge in [-0.1, -0.05) is 47.6 Å². The summed E-state index contributed by atoms with van der Waals surface area (Å²) in [4.78, 5) is 9.02. The number of benzene rings is 2. The summed E-state index contributed by atoms with van der Waals surface area (Å²) < 4.78 is 7.49. The Morgan fingerprint density at radius 2 is 1.76 bits per heavy atom. The summed E-state index contributed by atoms with van der Waals surface area (Å²) in [5, 5.41) is 4.07. The zero-order valence-corrected chi connectivity index (χ0v) is 14.0. The van der Waals surface area contributed by atoms with Crippen LogP contribution in [0.3, 0.4) is 0 Å². The van der Waals surface area contributed by atoms with Gasteiger partial charge in [0.1, 0.15) is 5.82 Å². The molecule has 124 valence electrons. The summed E-state index contributed by atoms with van der Waals surface area (Å²) in [6.45, 7) is 2.79. The lowest BCUT2D eigenvalue weighted by Gasteiger charge is -2.04. The molecule has 0 saturated heterocycles. The van der Waals surface area contributed by atoms with Crippen LogP contribution < -0.4 is 0 Å². The molecular formula is C20H18N4O. The fourth-order valence-corrected chi connectivity index (χ4v) is 2.86. The first-order valence-electron chi connectivity index (χ1n) is 8.27. The summed E-state index contributed by atoms with van der Waals surface area (Å²) in [5.74, 6) is 2.21. The van der Waals surface area contributed by atoms with Gasteiger partial charge in [0.2, 0.25) is 0 Å². The van der Waals surface area contributed by atoms with Crippen molar-refractivity contribution in [2.75, 3.05) is 0 Å². The molecular weight excluding hydrogens is 312 g/mol. The molecule has 2 heterocycles. The minimum absolute atomic E-state index is 0.520. The van der Waals surface area contributed by atoms with E-state index in [2.05, 4.69) is 25.8 Å². The largest absolute Gasteiger partial charge is 0.335 e. The lowest BCUT2D eigenvalue weighted by Crippen LogP contribution is -2.04. The van der Waals surface area contributed by atoms with Crippen molar-refractivity contribution in [1.82, 2.24) is 19.7 Å². The minimum atomic E-state index is 0.520. The predicted molar refractivity (Wildman–Crippen MR) is 97.8 cm³/mol. The second-order valence-electron chi connectivity index (χ2n) is 5.84. The summed E-state index contributed by atoms with van der Waals surface area (Å²) in [6, 6.07) is 18.2. The maximum Gasteiger partial charge on any atom is 0.250 e. The molecule has 0 fully saturated rings. The van der Waals surface area contributed by atoms with Gasteiger partial charge in [0.15, 0.2) is 5.82 Å². The second-order valence-corrected chi connectivity index (χ2v) is 5.84. The van der Waals surface area contributed by atoms with Crippen molar-refractivity contribution in [2.24, 2.45) is 0 Å². The number of aryl methyl sites for hydroxylation is 3. The van der Waals surface area contributed by atoms with Crippen LogP contribution in [0.5, 0.6) is 0 Å². The molecule has 0 spiro atoms. The molecule has 0 N–H and O–H groups in total. The summed E-state index contributed by atoms with van der Waals surface area (Å²) in [5.41, 5.74) is 3.25. The molecule has 0 saturated carbocycles. The normalized spacial score (nSPS) is 11.6. The van der Waals surface area contributed by atoms with Gasteiger partial charge >= 0.3 is 0 Å². The van der Waals surface area contributed by atoms with Gasteiger partial charge in [-0.05, 0) is 30.7 Å². The molecule has 0 atom stereocenters. The monoisotopic (exact) mass is 330 g/mol. The fraction of sp³-hybridized carbons (Fsp3) is 0.150. The number of nitrogens with zero attached hydrogens (tertiary/aromatic N) is 4. The lowest BCUT2D eigenvalue weighted by molar-refractivity contribution is 0.401. The van der Waals surface area contributed by atoms with Crippen molar-refractivity contribution in [1.29, 1.82) is 0 Å². The molecule has 5 heteroatoms. The Hall–Kier alpha value is -3.21. The van der Waals surface area contributed by atoms with Crippen LogP contribution in [0.1, 0.15) is 23.1 Å². The molecule has 4 rings (SSSR count). The average molecular weight is 330 g/mol. The van der Waals surface area contributed by atoms with Gasteiger partial charge in [0, 0.05) is 19.0 Å². The molecule has 0 radical (unpaired) electrons. The first-order chi connectivity index (χ1) is 12.3. The third-order valence-electron chi connectivity index (χ3n) is 4.11. The number of rotatable bonds is 5. The van der Waals surface area contributed by atoms with Crippen LogP contribution in [0, 0.1) is 6.92 Å². The third-order valence-corrected chi connectivity index (χ3v) is 4.11. The number of para-hydroxylation sites is 2. The van der Waals surface area contributed by atoms with E-state index in [4.69, 9.17) is 4.52 Å². The van der Waals surface area contributed by atoms with E-state index in [0.29, 0.717) is 18.1 Å². The Balaban J connectivity index is 1.46. The van der Waals surface area contributed by atoms with E-state index in [1.807, 2.05) is 67.6 Å². The van der Waals surface area contributed by atoms with E-state index >= 15 is 0 Å². The summed E-state index contributed by atoms with van der Waals surface area (Å²) in [7, 11) is 0. The fourth-order valence-electron chi connectivity index (χ4n) is 2.86. The third kappa shape index (κ3) is 3.35. The van der Waals surface area contributed by atoms with E-state index in [-0.39, 0.29) is 0 Å². The van der Waals surface area contributed by atoms with Gasteiger partial charge in [-0.3, -0.25) is 0 Å². The molecule has 5 nitrogen and oxygen atoms in total. The molecule has 0 aliphatic heterocycles. The van der Waals surface area contributed by atoms with E-state index in [1.54, 1.807) is 0 Å². The van der Waals surface area contributed by atoms with Crippen LogP contribution >= 0.6 is 0 Å². The van der Waals surface area contributed by atoms with Gasteiger partial charge in [-0.15, -0.1) is 0 Å². The van der Waals surface area contributed by atoms with Crippen LogP contribution in [0.15, 0.2) is 59.1 Å². The van der Waals surface area contributed by atoms with E-state index in [1.165, 1.54) is 0 Å². The van der Waals surface area contributed by atoms with E-state index in [0.717, 1.165) is 29.0 Å². The topological polar surface area (TPSA) is 56.7 Å². The maximum atomic E-state index is 5.30. The molecule has 2 aromatic heterocycles.